The van der Waals surface area contributed by atoms with Gasteiger partial charge < -0.3 is 19.6 Å². The Hall–Kier alpha value is -2.69. The number of nitrogens with zero attached hydrogens (tertiary/aromatic N) is 2. The third kappa shape index (κ3) is 1.97. The number of anilines is 1. The van der Waals surface area contributed by atoms with Crippen molar-refractivity contribution in [1.82, 2.24) is 0 Å². The zero-order valence-corrected chi connectivity index (χ0v) is 12.2. The molecule has 22 heavy (non-hydrogen) atoms. The van der Waals surface area contributed by atoms with Crippen molar-refractivity contribution in [3.05, 3.63) is 53.1 Å². The van der Waals surface area contributed by atoms with Crippen LogP contribution in [-0.4, -0.2) is 17.7 Å². The Morgan fingerprint density at radius 2 is 1.73 bits per heavy atom. The molecule has 0 fully saturated rings. The molecule has 5 nitrogen and oxygen atoms in total. The van der Waals surface area contributed by atoms with Crippen molar-refractivity contribution in [3.63, 3.8) is 0 Å². The maximum Gasteiger partial charge on any atom is 0.231 e. The predicted octanol–water partition coefficient (Wildman–Crippen LogP) is 3.13. The highest BCUT2D eigenvalue weighted by Crippen LogP contribution is 2.41. The summed E-state index contributed by atoms with van der Waals surface area (Å²) in [6.07, 6.45) is 0. The number of rotatable bonds is 2. The van der Waals surface area contributed by atoms with Gasteiger partial charge in [0, 0.05) is 24.7 Å². The molecular weight excluding hydrogens is 280 g/mol. The van der Waals surface area contributed by atoms with Gasteiger partial charge in [0.15, 0.2) is 11.5 Å². The summed E-state index contributed by atoms with van der Waals surface area (Å²) in [5.74, 6) is 1.43. The van der Waals surface area contributed by atoms with Gasteiger partial charge in [0.1, 0.15) is 0 Å². The first-order valence-electron chi connectivity index (χ1n) is 7.20. The molecule has 2 heterocycles. The lowest BCUT2D eigenvalue weighted by Gasteiger charge is -2.21. The number of hydrogen-bond acceptors (Lipinski definition) is 5. The molecule has 0 unspecified atom stereocenters. The summed E-state index contributed by atoms with van der Waals surface area (Å²) in [6, 6.07) is 12.3. The van der Waals surface area contributed by atoms with Crippen LogP contribution in [0.15, 0.2) is 41.6 Å². The Kier molecular flexibility index (Phi) is 2.92. The molecule has 0 saturated carbocycles. The van der Waals surface area contributed by atoms with E-state index in [1.54, 1.807) is 6.92 Å². The highest BCUT2D eigenvalue weighted by Gasteiger charge is 2.25. The first kappa shape index (κ1) is 13.0. The summed E-state index contributed by atoms with van der Waals surface area (Å²) >= 11 is 0. The van der Waals surface area contributed by atoms with Crippen LogP contribution >= 0.6 is 0 Å². The Balaban J connectivity index is 1.79. The zero-order valence-electron chi connectivity index (χ0n) is 12.2. The number of ether oxygens (including phenoxy) is 2. The van der Waals surface area contributed by atoms with Crippen molar-refractivity contribution < 1.29 is 14.7 Å². The molecule has 0 aliphatic carbocycles. The summed E-state index contributed by atoms with van der Waals surface area (Å²) in [5.41, 5.74) is 5.06. The van der Waals surface area contributed by atoms with Crippen molar-refractivity contribution in [1.29, 1.82) is 0 Å². The second-order valence-corrected chi connectivity index (χ2v) is 5.53. The molecule has 0 aromatic heterocycles. The molecule has 0 amide bonds. The SMILES string of the molecule is C/C(=N\O)c1cc2c(cc1N1Cc3ccccc3C1)OCO2. The van der Waals surface area contributed by atoms with E-state index in [1.165, 1.54) is 11.1 Å². The van der Waals surface area contributed by atoms with Crippen molar-refractivity contribution in [2.75, 3.05) is 11.7 Å². The minimum absolute atomic E-state index is 0.230. The van der Waals surface area contributed by atoms with Gasteiger partial charge in [0.25, 0.3) is 0 Å². The van der Waals surface area contributed by atoms with E-state index in [-0.39, 0.29) is 6.79 Å². The standard InChI is InChI=1S/C17H16N2O3/c1-11(18-20)14-6-16-17(22-10-21-16)7-15(14)19-8-12-4-2-3-5-13(12)9-19/h2-7,20H,8-10H2,1H3/b18-11+. The van der Waals surface area contributed by atoms with Crippen LogP contribution in [0.25, 0.3) is 0 Å². The molecule has 2 aromatic rings. The first-order chi connectivity index (χ1) is 10.8. The molecule has 0 saturated heterocycles. The van der Waals surface area contributed by atoms with Gasteiger partial charge in [-0.2, -0.15) is 0 Å². The van der Waals surface area contributed by atoms with E-state index in [0.717, 1.165) is 30.1 Å². The highest BCUT2D eigenvalue weighted by molar-refractivity contribution is 6.04. The number of hydrogen-bond donors (Lipinski definition) is 1. The molecule has 0 bridgehead atoms. The molecule has 2 aromatic carbocycles. The highest BCUT2D eigenvalue weighted by atomic mass is 16.7. The minimum atomic E-state index is 0.230. The van der Waals surface area contributed by atoms with E-state index in [2.05, 4.69) is 34.3 Å². The van der Waals surface area contributed by atoms with Crippen LogP contribution in [0.4, 0.5) is 5.69 Å². The van der Waals surface area contributed by atoms with Gasteiger partial charge in [-0.25, -0.2) is 0 Å². The lowest BCUT2D eigenvalue weighted by molar-refractivity contribution is 0.174. The smallest absolute Gasteiger partial charge is 0.231 e. The van der Waals surface area contributed by atoms with Gasteiger partial charge in [0.05, 0.1) is 11.4 Å². The average molecular weight is 296 g/mol. The van der Waals surface area contributed by atoms with Crippen LogP contribution in [0.2, 0.25) is 0 Å². The second kappa shape index (κ2) is 4.94. The van der Waals surface area contributed by atoms with Crippen molar-refractivity contribution in [2.24, 2.45) is 5.16 Å². The predicted molar refractivity (Wildman–Crippen MR) is 82.9 cm³/mol. The zero-order chi connectivity index (χ0) is 15.1. The first-order valence-corrected chi connectivity index (χ1v) is 7.20. The molecule has 4 rings (SSSR count). The van der Waals surface area contributed by atoms with E-state index in [4.69, 9.17) is 9.47 Å². The van der Waals surface area contributed by atoms with Crippen molar-refractivity contribution in [2.45, 2.75) is 20.0 Å². The molecule has 5 heteroatoms. The topological polar surface area (TPSA) is 54.3 Å². The Labute approximate surface area is 128 Å². The fourth-order valence-corrected chi connectivity index (χ4v) is 3.04. The second-order valence-electron chi connectivity index (χ2n) is 5.53. The maximum atomic E-state index is 9.17. The molecule has 2 aliphatic heterocycles. The molecule has 0 atom stereocenters. The summed E-state index contributed by atoms with van der Waals surface area (Å²) in [6.45, 7) is 3.68. The van der Waals surface area contributed by atoms with Crippen LogP contribution in [0.3, 0.4) is 0 Å². The minimum Gasteiger partial charge on any atom is -0.454 e. The van der Waals surface area contributed by atoms with Crippen LogP contribution in [-0.2, 0) is 13.1 Å². The van der Waals surface area contributed by atoms with Gasteiger partial charge in [-0.3, -0.25) is 0 Å². The van der Waals surface area contributed by atoms with Gasteiger partial charge in [-0.15, -0.1) is 0 Å². The molecular formula is C17H16N2O3. The number of oxime groups is 1. The molecule has 2 aliphatic rings. The van der Waals surface area contributed by atoms with E-state index >= 15 is 0 Å². The van der Waals surface area contributed by atoms with Crippen LogP contribution < -0.4 is 14.4 Å². The van der Waals surface area contributed by atoms with E-state index in [1.807, 2.05) is 12.1 Å². The Morgan fingerprint density at radius 1 is 1.09 bits per heavy atom. The van der Waals surface area contributed by atoms with Crippen LogP contribution in [0.1, 0.15) is 23.6 Å². The van der Waals surface area contributed by atoms with E-state index in [0.29, 0.717) is 11.5 Å². The van der Waals surface area contributed by atoms with Crippen LogP contribution in [0, 0.1) is 0 Å². The fourth-order valence-electron chi connectivity index (χ4n) is 3.04. The summed E-state index contributed by atoms with van der Waals surface area (Å²) in [4.78, 5) is 2.26. The van der Waals surface area contributed by atoms with E-state index < -0.39 is 0 Å². The van der Waals surface area contributed by atoms with E-state index in [9.17, 15) is 5.21 Å². The van der Waals surface area contributed by atoms with Crippen molar-refractivity contribution in [3.8, 4) is 11.5 Å². The molecule has 0 radical (unpaired) electrons. The summed E-state index contributed by atoms with van der Waals surface area (Å²) in [7, 11) is 0. The monoisotopic (exact) mass is 296 g/mol. The van der Waals surface area contributed by atoms with Gasteiger partial charge in [0.2, 0.25) is 6.79 Å². The average Bonchev–Trinajstić information content (AvgIpc) is 3.18. The Morgan fingerprint density at radius 3 is 2.36 bits per heavy atom. The maximum absolute atomic E-state index is 9.17. The fraction of sp³-hybridized carbons (Fsp3) is 0.235. The summed E-state index contributed by atoms with van der Waals surface area (Å²) in [5, 5.41) is 12.5. The third-order valence-corrected chi connectivity index (χ3v) is 4.21. The van der Waals surface area contributed by atoms with Gasteiger partial charge in [-0.05, 0) is 24.1 Å². The lowest BCUT2D eigenvalue weighted by atomic mass is 10.1. The largest absolute Gasteiger partial charge is 0.454 e. The van der Waals surface area contributed by atoms with Gasteiger partial charge in [-0.1, -0.05) is 29.4 Å². The lowest BCUT2D eigenvalue weighted by Crippen LogP contribution is -2.17. The summed E-state index contributed by atoms with van der Waals surface area (Å²) < 4.78 is 10.9. The molecule has 0 spiro atoms. The quantitative estimate of drug-likeness (QED) is 0.525. The molecule has 1 N–H and O–H groups in total. The number of benzene rings is 2. The van der Waals surface area contributed by atoms with Crippen molar-refractivity contribution >= 4 is 11.4 Å². The molecule has 112 valence electrons. The van der Waals surface area contributed by atoms with Crippen LogP contribution in [0.5, 0.6) is 11.5 Å². The van der Waals surface area contributed by atoms with Gasteiger partial charge >= 0.3 is 0 Å². The number of fused-ring (bicyclic) bond motifs is 2. The third-order valence-electron chi connectivity index (χ3n) is 4.21. The normalized spacial score (nSPS) is 16.0. The Bertz CT molecular complexity index is 745.